The summed E-state index contributed by atoms with van der Waals surface area (Å²) < 4.78 is 5.81. The van der Waals surface area contributed by atoms with Gasteiger partial charge in [0.15, 0.2) is 0 Å². The average Bonchev–Trinajstić information content (AvgIpc) is 2.56. The molecule has 112 valence electrons. The molecule has 0 heterocycles. The zero-order valence-electron chi connectivity index (χ0n) is 12.5. The van der Waals surface area contributed by atoms with Gasteiger partial charge in [-0.25, -0.2) is 0 Å². The summed E-state index contributed by atoms with van der Waals surface area (Å²) in [7, 11) is 0. The zero-order valence-corrected chi connectivity index (χ0v) is 12.5. The van der Waals surface area contributed by atoms with Crippen molar-refractivity contribution in [3.05, 3.63) is 65.7 Å². The highest BCUT2D eigenvalue weighted by atomic mass is 16.5. The van der Waals surface area contributed by atoms with Gasteiger partial charge in [-0.1, -0.05) is 55.5 Å². The van der Waals surface area contributed by atoms with Gasteiger partial charge in [-0.2, -0.15) is 0 Å². The Morgan fingerprint density at radius 1 is 1.05 bits per heavy atom. The van der Waals surface area contributed by atoms with Crippen molar-refractivity contribution in [2.24, 2.45) is 5.73 Å². The number of nitrogens with two attached hydrogens (primary N) is 1. The first kappa shape index (κ1) is 15.5. The molecule has 1 atom stereocenters. The van der Waals surface area contributed by atoms with Crippen molar-refractivity contribution >= 4 is 0 Å². The van der Waals surface area contributed by atoms with Crippen molar-refractivity contribution in [2.45, 2.75) is 25.4 Å². The first-order valence-electron chi connectivity index (χ1n) is 7.42. The summed E-state index contributed by atoms with van der Waals surface area (Å²) in [6.45, 7) is 3.13. The van der Waals surface area contributed by atoms with E-state index in [1.54, 1.807) is 0 Å². The van der Waals surface area contributed by atoms with Gasteiger partial charge in [-0.3, -0.25) is 0 Å². The number of hydrogen-bond donors (Lipinski definition) is 2. The maximum atomic E-state index is 11.2. The molecule has 0 aliphatic carbocycles. The largest absolute Gasteiger partial charge is 0.493 e. The van der Waals surface area contributed by atoms with Gasteiger partial charge >= 0.3 is 0 Å². The number of rotatable bonds is 7. The van der Waals surface area contributed by atoms with Crippen LogP contribution in [0.5, 0.6) is 5.75 Å². The van der Waals surface area contributed by atoms with E-state index in [2.05, 4.69) is 0 Å². The SMILES string of the molecule is CCC(O)(c1ccccc1)c1ccccc1OCCCN. The van der Waals surface area contributed by atoms with E-state index in [4.69, 9.17) is 10.5 Å². The molecule has 0 aromatic heterocycles. The molecule has 0 bridgehead atoms. The topological polar surface area (TPSA) is 55.5 Å². The van der Waals surface area contributed by atoms with Crippen LogP contribution in [-0.4, -0.2) is 18.3 Å². The second kappa shape index (κ2) is 7.25. The average molecular weight is 285 g/mol. The van der Waals surface area contributed by atoms with Crippen molar-refractivity contribution in [1.29, 1.82) is 0 Å². The lowest BCUT2D eigenvalue weighted by Crippen LogP contribution is -2.27. The summed E-state index contributed by atoms with van der Waals surface area (Å²) in [5.41, 5.74) is 6.14. The van der Waals surface area contributed by atoms with Crippen LogP contribution < -0.4 is 10.5 Å². The Balaban J connectivity index is 2.38. The zero-order chi connectivity index (χ0) is 15.1. The standard InChI is InChI=1S/C18H23NO2/c1-2-18(20,15-9-4-3-5-10-15)16-11-6-7-12-17(16)21-14-8-13-19/h3-7,9-12,20H,2,8,13-14,19H2,1H3. The summed E-state index contributed by atoms with van der Waals surface area (Å²) in [4.78, 5) is 0. The molecule has 0 aliphatic heterocycles. The second-order valence-corrected chi connectivity index (χ2v) is 5.07. The molecule has 1 unspecified atom stereocenters. The number of para-hydroxylation sites is 1. The molecule has 0 saturated carbocycles. The fraction of sp³-hybridized carbons (Fsp3) is 0.333. The van der Waals surface area contributed by atoms with Crippen LogP contribution in [0.1, 0.15) is 30.9 Å². The molecule has 3 N–H and O–H groups in total. The van der Waals surface area contributed by atoms with Crippen LogP contribution in [0.2, 0.25) is 0 Å². The predicted molar refractivity (Wildman–Crippen MR) is 85.3 cm³/mol. The van der Waals surface area contributed by atoms with Gasteiger partial charge < -0.3 is 15.6 Å². The maximum absolute atomic E-state index is 11.2. The molecule has 3 heteroatoms. The molecule has 0 radical (unpaired) electrons. The van der Waals surface area contributed by atoms with Gasteiger partial charge in [0.25, 0.3) is 0 Å². The molecule has 21 heavy (non-hydrogen) atoms. The molecule has 2 aromatic carbocycles. The summed E-state index contributed by atoms with van der Waals surface area (Å²) in [5.74, 6) is 0.721. The third kappa shape index (κ3) is 3.43. The van der Waals surface area contributed by atoms with Crippen LogP contribution in [0.25, 0.3) is 0 Å². The number of hydrogen-bond acceptors (Lipinski definition) is 3. The highest BCUT2D eigenvalue weighted by molar-refractivity contribution is 5.44. The fourth-order valence-electron chi connectivity index (χ4n) is 2.46. The fourth-order valence-corrected chi connectivity index (χ4v) is 2.46. The van der Waals surface area contributed by atoms with Crippen LogP contribution in [0.4, 0.5) is 0 Å². The Bertz CT molecular complexity index is 556. The Kier molecular flexibility index (Phi) is 5.37. The van der Waals surface area contributed by atoms with Gasteiger partial charge in [-0.05, 0) is 31.0 Å². The monoisotopic (exact) mass is 285 g/mol. The van der Waals surface area contributed by atoms with Gasteiger partial charge in [0.05, 0.1) is 6.61 Å². The number of ether oxygens (including phenoxy) is 1. The van der Waals surface area contributed by atoms with Gasteiger partial charge in [-0.15, -0.1) is 0 Å². The Morgan fingerprint density at radius 3 is 2.38 bits per heavy atom. The van der Waals surface area contributed by atoms with E-state index in [0.717, 1.165) is 23.3 Å². The van der Waals surface area contributed by atoms with E-state index in [0.29, 0.717) is 19.6 Å². The molecule has 2 rings (SSSR count). The van der Waals surface area contributed by atoms with Gasteiger partial charge in [0.2, 0.25) is 0 Å². The molecule has 2 aromatic rings. The van der Waals surface area contributed by atoms with E-state index < -0.39 is 5.60 Å². The van der Waals surface area contributed by atoms with Crippen LogP contribution >= 0.6 is 0 Å². The van der Waals surface area contributed by atoms with Gasteiger partial charge in [0, 0.05) is 5.56 Å². The van der Waals surface area contributed by atoms with Crippen LogP contribution in [0, 0.1) is 0 Å². The molecule has 0 fully saturated rings. The molecular weight excluding hydrogens is 262 g/mol. The normalized spacial score (nSPS) is 13.7. The van der Waals surface area contributed by atoms with Gasteiger partial charge in [0.1, 0.15) is 11.4 Å². The molecule has 0 saturated heterocycles. The molecular formula is C18H23NO2. The van der Waals surface area contributed by atoms with E-state index in [-0.39, 0.29) is 0 Å². The minimum Gasteiger partial charge on any atom is -0.493 e. The second-order valence-electron chi connectivity index (χ2n) is 5.07. The summed E-state index contributed by atoms with van der Waals surface area (Å²) in [6, 6.07) is 17.4. The van der Waals surface area contributed by atoms with E-state index in [1.165, 1.54) is 0 Å². The van der Waals surface area contributed by atoms with Crippen molar-refractivity contribution in [1.82, 2.24) is 0 Å². The van der Waals surface area contributed by atoms with Crippen molar-refractivity contribution in [2.75, 3.05) is 13.2 Å². The molecule has 0 amide bonds. The maximum Gasteiger partial charge on any atom is 0.125 e. The summed E-state index contributed by atoms with van der Waals surface area (Å²) in [5, 5.41) is 11.2. The minimum absolute atomic E-state index is 0.558. The third-order valence-electron chi connectivity index (χ3n) is 3.70. The van der Waals surface area contributed by atoms with E-state index >= 15 is 0 Å². The van der Waals surface area contributed by atoms with Crippen LogP contribution in [-0.2, 0) is 5.60 Å². The lowest BCUT2D eigenvalue weighted by molar-refractivity contribution is 0.0727. The van der Waals surface area contributed by atoms with Crippen molar-refractivity contribution in [3.63, 3.8) is 0 Å². The number of benzene rings is 2. The summed E-state index contributed by atoms with van der Waals surface area (Å²) in [6.07, 6.45) is 1.37. The van der Waals surface area contributed by atoms with Crippen LogP contribution in [0.3, 0.4) is 0 Å². The predicted octanol–water partition coefficient (Wildman–Crippen LogP) is 3.06. The highest BCUT2D eigenvalue weighted by Gasteiger charge is 2.32. The minimum atomic E-state index is -1.04. The third-order valence-corrected chi connectivity index (χ3v) is 3.70. The van der Waals surface area contributed by atoms with Crippen molar-refractivity contribution < 1.29 is 9.84 Å². The van der Waals surface area contributed by atoms with E-state index in [9.17, 15) is 5.11 Å². The highest BCUT2D eigenvalue weighted by Crippen LogP contribution is 2.38. The molecule has 0 aliphatic rings. The summed E-state index contributed by atoms with van der Waals surface area (Å²) >= 11 is 0. The first-order chi connectivity index (χ1) is 10.2. The quantitative estimate of drug-likeness (QED) is 0.769. The Hall–Kier alpha value is -1.84. The lowest BCUT2D eigenvalue weighted by Gasteiger charge is -2.29. The molecule has 0 spiro atoms. The Morgan fingerprint density at radius 2 is 1.71 bits per heavy atom. The number of aliphatic hydroxyl groups is 1. The Labute approximate surface area is 126 Å². The van der Waals surface area contributed by atoms with Crippen LogP contribution in [0.15, 0.2) is 54.6 Å². The van der Waals surface area contributed by atoms with E-state index in [1.807, 2.05) is 61.5 Å². The van der Waals surface area contributed by atoms with Crippen molar-refractivity contribution in [3.8, 4) is 5.75 Å². The first-order valence-corrected chi connectivity index (χ1v) is 7.42. The lowest BCUT2D eigenvalue weighted by atomic mass is 9.83. The smallest absolute Gasteiger partial charge is 0.125 e. The molecule has 3 nitrogen and oxygen atoms in total.